The Morgan fingerprint density at radius 2 is 1.97 bits per heavy atom. The topological polar surface area (TPSA) is 97.2 Å². The molecule has 0 atom stereocenters. The fourth-order valence-corrected chi connectivity index (χ4v) is 5.60. The zero-order valence-electron chi connectivity index (χ0n) is 15.9. The highest BCUT2D eigenvalue weighted by molar-refractivity contribution is 7.89. The molecule has 0 saturated carbocycles. The molecule has 1 fully saturated rings. The maximum Gasteiger partial charge on any atom is 0.268 e. The van der Waals surface area contributed by atoms with Crippen molar-refractivity contribution in [2.45, 2.75) is 24.3 Å². The van der Waals surface area contributed by atoms with Gasteiger partial charge in [0.1, 0.15) is 15.6 Å². The van der Waals surface area contributed by atoms with Crippen LogP contribution in [0.25, 0.3) is 11.3 Å². The summed E-state index contributed by atoms with van der Waals surface area (Å²) in [5.74, 6) is -0.337. The lowest BCUT2D eigenvalue weighted by molar-refractivity contribution is 0.0942. The van der Waals surface area contributed by atoms with Gasteiger partial charge in [-0.25, -0.2) is 13.4 Å². The summed E-state index contributed by atoms with van der Waals surface area (Å²) in [6.45, 7) is 1.33. The normalized spacial score (nSPS) is 14.9. The minimum atomic E-state index is -3.55. The van der Waals surface area contributed by atoms with E-state index in [9.17, 15) is 13.2 Å². The average Bonchev–Trinajstić information content (AvgIpc) is 3.47. The molecule has 10 heteroatoms. The highest BCUT2D eigenvalue weighted by atomic mass is 32.2. The lowest BCUT2D eigenvalue weighted by Gasteiger charge is -2.13. The van der Waals surface area contributed by atoms with E-state index in [0.29, 0.717) is 18.8 Å². The molecule has 8 nitrogen and oxygen atoms in total. The lowest BCUT2D eigenvalue weighted by Crippen LogP contribution is -2.27. The Hall–Kier alpha value is -2.56. The van der Waals surface area contributed by atoms with Crippen molar-refractivity contribution in [1.82, 2.24) is 24.2 Å². The van der Waals surface area contributed by atoms with Crippen LogP contribution in [0.3, 0.4) is 0 Å². The Labute approximate surface area is 173 Å². The highest BCUT2D eigenvalue weighted by Crippen LogP contribution is 2.23. The van der Waals surface area contributed by atoms with Crippen LogP contribution in [0.4, 0.5) is 0 Å². The van der Waals surface area contributed by atoms with Crippen molar-refractivity contribution in [1.29, 1.82) is 0 Å². The first kappa shape index (κ1) is 19.7. The minimum Gasteiger partial charge on any atom is -0.345 e. The maximum atomic E-state index is 12.7. The number of sulfonamides is 1. The molecule has 1 aliphatic heterocycles. The van der Waals surface area contributed by atoms with Gasteiger partial charge < -0.3 is 9.88 Å². The van der Waals surface area contributed by atoms with Crippen molar-refractivity contribution >= 4 is 27.3 Å². The van der Waals surface area contributed by atoms with Crippen LogP contribution in [0.1, 0.15) is 28.3 Å². The minimum absolute atomic E-state index is 0.154. The molecule has 1 N–H and O–H groups in total. The van der Waals surface area contributed by atoms with Gasteiger partial charge in [0, 0.05) is 49.7 Å². The van der Waals surface area contributed by atoms with E-state index >= 15 is 0 Å². The fraction of sp³-hybridized carbons (Fsp3) is 0.316. The Bertz CT molecular complexity index is 1120. The van der Waals surface area contributed by atoms with E-state index in [-0.39, 0.29) is 17.3 Å². The molecule has 0 bridgehead atoms. The third kappa shape index (κ3) is 4.09. The molecule has 0 aromatic carbocycles. The molecule has 4 rings (SSSR count). The standard InChI is InChI=1S/C19H21N5O3S2/c1-23-12-15(29(26,27)24-8-2-3-9-24)10-17(23)19(25)21-11-18-22-16(13-28-18)14-4-6-20-7-5-14/h4-7,10,12-13H,2-3,8-9,11H2,1H3,(H,21,25). The van der Waals surface area contributed by atoms with Crippen molar-refractivity contribution in [3.63, 3.8) is 0 Å². The van der Waals surface area contributed by atoms with E-state index in [1.807, 2.05) is 17.5 Å². The predicted molar refractivity (Wildman–Crippen MR) is 110 cm³/mol. The summed E-state index contributed by atoms with van der Waals surface area (Å²) in [7, 11) is -1.88. The van der Waals surface area contributed by atoms with E-state index in [1.165, 1.54) is 27.9 Å². The first-order chi connectivity index (χ1) is 13.9. The Morgan fingerprint density at radius 1 is 1.24 bits per heavy atom. The first-order valence-corrected chi connectivity index (χ1v) is 11.6. The van der Waals surface area contributed by atoms with Crippen LogP contribution in [0.2, 0.25) is 0 Å². The van der Waals surface area contributed by atoms with Gasteiger partial charge in [-0.2, -0.15) is 4.31 Å². The SMILES string of the molecule is Cn1cc(S(=O)(=O)N2CCCC2)cc1C(=O)NCc1nc(-c2ccncc2)cs1. The van der Waals surface area contributed by atoms with E-state index in [0.717, 1.165) is 29.1 Å². The second-order valence-corrected chi connectivity index (χ2v) is 9.71. The van der Waals surface area contributed by atoms with Crippen LogP contribution in [-0.4, -0.2) is 46.3 Å². The van der Waals surface area contributed by atoms with Gasteiger partial charge in [-0.15, -0.1) is 11.3 Å². The van der Waals surface area contributed by atoms with Crippen molar-refractivity contribution in [3.8, 4) is 11.3 Å². The molecule has 3 aromatic rings. The van der Waals surface area contributed by atoms with Crippen LogP contribution in [-0.2, 0) is 23.6 Å². The van der Waals surface area contributed by atoms with Crippen LogP contribution in [0, 0.1) is 0 Å². The van der Waals surface area contributed by atoms with Crippen molar-refractivity contribution < 1.29 is 13.2 Å². The van der Waals surface area contributed by atoms with E-state index in [4.69, 9.17) is 0 Å². The van der Waals surface area contributed by atoms with Crippen molar-refractivity contribution in [2.75, 3.05) is 13.1 Å². The maximum absolute atomic E-state index is 12.7. The second kappa shape index (κ2) is 8.05. The summed E-state index contributed by atoms with van der Waals surface area (Å²) >= 11 is 1.46. The molecule has 29 heavy (non-hydrogen) atoms. The van der Waals surface area contributed by atoms with E-state index in [1.54, 1.807) is 24.0 Å². The number of carbonyl (C=O) groups excluding carboxylic acids is 1. The number of hydrogen-bond donors (Lipinski definition) is 1. The Morgan fingerprint density at radius 3 is 2.69 bits per heavy atom. The van der Waals surface area contributed by atoms with Crippen molar-refractivity contribution in [2.24, 2.45) is 7.05 Å². The summed E-state index contributed by atoms with van der Waals surface area (Å²) in [6.07, 6.45) is 6.65. The van der Waals surface area contributed by atoms with E-state index < -0.39 is 10.0 Å². The molecule has 152 valence electrons. The lowest BCUT2D eigenvalue weighted by atomic mass is 10.2. The monoisotopic (exact) mass is 431 g/mol. The number of amides is 1. The third-order valence-corrected chi connectivity index (χ3v) is 7.56. The molecular formula is C19H21N5O3S2. The zero-order valence-corrected chi connectivity index (χ0v) is 17.5. The smallest absolute Gasteiger partial charge is 0.268 e. The van der Waals surface area contributed by atoms with Gasteiger partial charge in [0.15, 0.2) is 0 Å². The molecule has 4 heterocycles. The number of nitrogens with one attached hydrogen (secondary N) is 1. The molecule has 0 aliphatic carbocycles. The average molecular weight is 432 g/mol. The number of rotatable bonds is 6. The third-order valence-electron chi connectivity index (χ3n) is 4.84. The summed E-state index contributed by atoms with van der Waals surface area (Å²) < 4.78 is 28.4. The number of nitrogens with zero attached hydrogens (tertiary/aromatic N) is 4. The Balaban J connectivity index is 1.44. The number of hydrogen-bond acceptors (Lipinski definition) is 6. The van der Waals surface area contributed by atoms with Crippen LogP contribution < -0.4 is 5.32 Å². The van der Waals surface area contributed by atoms with Gasteiger partial charge >= 0.3 is 0 Å². The molecule has 0 radical (unpaired) electrons. The van der Waals surface area contributed by atoms with Crippen LogP contribution in [0.15, 0.2) is 47.1 Å². The van der Waals surface area contributed by atoms with E-state index in [2.05, 4.69) is 15.3 Å². The molecular weight excluding hydrogens is 410 g/mol. The van der Waals surface area contributed by atoms with Gasteiger partial charge in [-0.1, -0.05) is 0 Å². The largest absolute Gasteiger partial charge is 0.345 e. The van der Waals surface area contributed by atoms with Crippen LogP contribution >= 0.6 is 11.3 Å². The fourth-order valence-electron chi connectivity index (χ4n) is 3.27. The molecule has 3 aromatic heterocycles. The summed E-state index contributed by atoms with van der Waals surface area (Å²) in [5, 5.41) is 5.52. The first-order valence-electron chi connectivity index (χ1n) is 9.24. The van der Waals surface area contributed by atoms with Crippen LogP contribution in [0.5, 0.6) is 0 Å². The summed E-state index contributed by atoms with van der Waals surface area (Å²) in [4.78, 5) is 21.3. The number of pyridine rings is 1. The number of aromatic nitrogens is 3. The zero-order chi connectivity index (χ0) is 20.4. The van der Waals surface area contributed by atoms with Gasteiger partial charge in [0.2, 0.25) is 10.0 Å². The highest BCUT2D eigenvalue weighted by Gasteiger charge is 2.29. The number of thiazole rings is 1. The van der Waals surface area contributed by atoms with Gasteiger partial charge in [-0.05, 0) is 31.0 Å². The Kier molecular flexibility index (Phi) is 5.48. The number of carbonyl (C=O) groups is 1. The summed E-state index contributed by atoms with van der Waals surface area (Å²) in [5.41, 5.74) is 2.10. The number of aryl methyl sites for hydroxylation is 1. The van der Waals surface area contributed by atoms with Gasteiger partial charge in [0.05, 0.1) is 12.2 Å². The quantitative estimate of drug-likeness (QED) is 0.646. The molecule has 1 saturated heterocycles. The predicted octanol–water partition coefficient (Wildman–Crippen LogP) is 2.26. The molecule has 0 spiro atoms. The second-order valence-electron chi connectivity index (χ2n) is 6.83. The van der Waals surface area contributed by atoms with Gasteiger partial charge in [-0.3, -0.25) is 9.78 Å². The van der Waals surface area contributed by atoms with Crippen molar-refractivity contribution in [3.05, 3.63) is 52.9 Å². The summed E-state index contributed by atoms with van der Waals surface area (Å²) in [6, 6.07) is 5.20. The molecule has 1 aliphatic rings. The van der Waals surface area contributed by atoms with Gasteiger partial charge in [0.25, 0.3) is 5.91 Å². The molecule has 0 unspecified atom stereocenters. The molecule has 1 amide bonds.